The Morgan fingerprint density at radius 3 is 2.58 bits per heavy atom. The number of rotatable bonds is 5. The van der Waals surface area contributed by atoms with Crippen molar-refractivity contribution in [3.8, 4) is 0 Å². The lowest BCUT2D eigenvalue weighted by molar-refractivity contribution is 0.102. The van der Waals surface area contributed by atoms with Gasteiger partial charge in [-0.25, -0.2) is 0 Å². The third kappa shape index (κ3) is 3.54. The highest BCUT2D eigenvalue weighted by molar-refractivity contribution is 6.03. The molecule has 100 valence electrons. The van der Waals surface area contributed by atoms with E-state index >= 15 is 0 Å². The molecule has 1 amide bonds. The number of nitrogens with zero attached hydrogens (tertiary/aromatic N) is 2. The molecule has 6 nitrogen and oxygen atoms in total. The average molecular weight is 260 g/mol. The van der Waals surface area contributed by atoms with Crippen LogP contribution in [0.2, 0.25) is 0 Å². The fourth-order valence-corrected chi connectivity index (χ4v) is 1.53. The standard InChI is InChI=1S/C13H16N4O2/c1-3-8-14-11-6-4-10(5-7-11)12(18)15-13-17-16-9(2)19-13/h4-7,14H,3,8H2,1-2H3,(H,15,17,18). The second kappa shape index (κ2) is 5.99. The summed E-state index contributed by atoms with van der Waals surface area (Å²) in [6.45, 7) is 4.67. The molecular weight excluding hydrogens is 244 g/mol. The van der Waals surface area contributed by atoms with Crippen molar-refractivity contribution in [2.24, 2.45) is 0 Å². The summed E-state index contributed by atoms with van der Waals surface area (Å²) in [4.78, 5) is 11.9. The lowest BCUT2D eigenvalue weighted by Gasteiger charge is -2.05. The van der Waals surface area contributed by atoms with Gasteiger partial charge in [-0.05, 0) is 30.7 Å². The first kappa shape index (κ1) is 13.1. The van der Waals surface area contributed by atoms with E-state index in [4.69, 9.17) is 4.42 Å². The van der Waals surface area contributed by atoms with Crippen molar-refractivity contribution in [2.45, 2.75) is 20.3 Å². The zero-order chi connectivity index (χ0) is 13.7. The van der Waals surface area contributed by atoms with Gasteiger partial charge in [0.15, 0.2) is 0 Å². The maximum atomic E-state index is 11.9. The van der Waals surface area contributed by atoms with E-state index < -0.39 is 0 Å². The van der Waals surface area contributed by atoms with Crippen molar-refractivity contribution in [3.63, 3.8) is 0 Å². The van der Waals surface area contributed by atoms with Gasteiger partial charge in [0.1, 0.15) is 0 Å². The number of hydrogen-bond acceptors (Lipinski definition) is 5. The van der Waals surface area contributed by atoms with Gasteiger partial charge < -0.3 is 9.73 Å². The van der Waals surface area contributed by atoms with Crippen molar-refractivity contribution in [3.05, 3.63) is 35.7 Å². The first-order chi connectivity index (χ1) is 9.19. The molecule has 0 radical (unpaired) electrons. The number of carbonyl (C=O) groups excluding carboxylic acids is 1. The highest BCUT2D eigenvalue weighted by atomic mass is 16.4. The Morgan fingerprint density at radius 2 is 2.00 bits per heavy atom. The highest BCUT2D eigenvalue weighted by Crippen LogP contribution is 2.12. The van der Waals surface area contributed by atoms with Gasteiger partial charge in [-0.2, -0.15) is 0 Å². The van der Waals surface area contributed by atoms with Crippen LogP contribution in [-0.4, -0.2) is 22.6 Å². The number of carbonyl (C=O) groups is 1. The van der Waals surface area contributed by atoms with Gasteiger partial charge in [-0.1, -0.05) is 12.0 Å². The SMILES string of the molecule is CCCNc1ccc(C(=O)Nc2nnc(C)o2)cc1. The maximum Gasteiger partial charge on any atom is 0.322 e. The molecule has 0 saturated heterocycles. The summed E-state index contributed by atoms with van der Waals surface area (Å²) in [5.74, 6) is 0.139. The van der Waals surface area contributed by atoms with Gasteiger partial charge in [-0.3, -0.25) is 10.1 Å². The van der Waals surface area contributed by atoms with E-state index in [2.05, 4.69) is 27.8 Å². The number of anilines is 2. The Labute approximate surface area is 111 Å². The van der Waals surface area contributed by atoms with Crippen LogP contribution in [0.3, 0.4) is 0 Å². The first-order valence-corrected chi connectivity index (χ1v) is 6.14. The summed E-state index contributed by atoms with van der Waals surface area (Å²) in [5.41, 5.74) is 1.53. The van der Waals surface area contributed by atoms with Crippen LogP contribution in [0.5, 0.6) is 0 Å². The molecule has 0 aliphatic heterocycles. The quantitative estimate of drug-likeness (QED) is 0.863. The number of aryl methyl sites for hydroxylation is 1. The second-order valence-corrected chi connectivity index (χ2v) is 4.08. The molecule has 2 aromatic rings. The molecule has 1 aromatic carbocycles. The number of nitrogens with one attached hydrogen (secondary N) is 2. The van der Waals surface area contributed by atoms with Crippen LogP contribution in [-0.2, 0) is 0 Å². The fraction of sp³-hybridized carbons (Fsp3) is 0.308. The van der Waals surface area contributed by atoms with Crippen LogP contribution >= 0.6 is 0 Å². The zero-order valence-electron chi connectivity index (χ0n) is 10.9. The third-order valence-electron chi connectivity index (χ3n) is 2.47. The van der Waals surface area contributed by atoms with Crippen LogP contribution in [0.4, 0.5) is 11.7 Å². The molecule has 0 bridgehead atoms. The van der Waals surface area contributed by atoms with E-state index in [1.165, 1.54) is 0 Å². The normalized spacial score (nSPS) is 10.2. The summed E-state index contributed by atoms with van der Waals surface area (Å²) in [6, 6.07) is 7.33. The summed E-state index contributed by atoms with van der Waals surface area (Å²) in [6.07, 6.45) is 1.05. The molecule has 0 atom stereocenters. The minimum absolute atomic E-state index is 0.107. The van der Waals surface area contributed by atoms with Crippen molar-refractivity contribution in [1.29, 1.82) is 0 Å². The van der Waals surface area contributed by atoms with E-state index in [1.807, 2.05) is 12.1 Å². The Bertz CT molecular complexity index is 548. The molecule has 1 aromatic heterocycles. The van der Waals surface area contributed by atoms with Crippen LogP contribution in [0.1, 0.15) is 29.6 Å². The molecular formula is C13H16N4O2. The number of hydrogen-bond donors (Lipinski definition) is 2. The largest absolute Gasteiger partial charge is 0.408 e. The van der Waals surface area contributed by atoms with Crippen LogP contribution in [0.25, 0.3) is 0 Å². The molecule has 19 heavy (non-hydrogen) atoms. The van der Waals surface area contributed by atoms with E-state index in [1.54, 1.807) is 19.1 Å². The van der Waals surface area contributed by atoms with Gasteiger partial charge in [0.05, 0.1) is 0 Å². The molecule has 0 aliphatic rings. The average Bonchev–Trinajstić information content (AvgIpc) is 2.82. The van der Waals surface area contributed by atoms with Crippen molar-refractivity contribution >= 4 is 17.6 Å². The lowest BCUT2D eigenvalue weighted by Crippen LogP contribution is -2.12. The predicted molar refractivity (Wildman–Crippen MR) is 72.2 cm³/mol. The van der Waals surface area contributed by atoms with Gasteiger partial charge in [0.25, 0.3) is 5.91 Å². The van der Waals surface area contributed by atoms with E-state index in [0.717, 1.165) is 18.7 Å². The first-order valence-electron chi connectivity index (χ1n) is 6.14. The number of amides is 1. The topological polar surface area (TPSA) is 80.0 Å². The van der Waals surface area contributed by atoms with Crippen molar-refractivity contribution < 1.29 is 9.21 Å². The Morgan fingerprint density at radius 1 is 1.26 bits per heavy atom. The fourth-order valence-electron chi connectivity index (χ4n) is 1.53. The van der Waals surface area contributed by atoms with Crippen LogP contribution < -0.4 is 10.6 Å². The smallest absolute Gasteiger partial charge is 0.322 e. The minimum Gasteiger partial charge on any atom is -0.408 e. The molecule has 0 aliphatic carbocycles. The Balaban J connectivity index is 1.99. The van der Waals surface area contributed by atoms with Crippen LogP contribution in [0, 0.1) is 6.92 Å². The molecule has 1 heterocycles. The molecule has 0 saturated carbocycles. The van der Waals surface area contributed by atoms with Crippen molar-refractivity contribution in [2.75, 3.05) is 17.2 Å². The van der Waals surface area contributed by atoms with E-state index in [0.29, 0.717) is 11.5 Å². The van der Waals surface area contributed by atoms with Gasteiger partial charge in [0.2, 0.25) is 5.89 Å². The van der Waals surface area contributed by atoms with Gasteiger partial charge in [-0.15, -0.1) is 5.10 Å². The highest BCUT2D eigenvalue weighted by Gasteiger charge is 2.09. The summed E-state index contributed by atoms with van der Waals surface area (Å²) < 4.78 is 5.09. The molecule has 2 rings (SSSR count). The second-order valence-electron chi connectivity index (χ2n) is 4.08. The minimum atomic E-state index is -0.273. The Kier molecular flexibility index (Phi) is 4.12. The summed E-state index contributed by atoms with van der Waals surface area (Å²) >= 11 is 0. The number of aromatic nitrogens is 2. The Hall–Kier alpha value is -2.37. The maximum absolute atomic E-state index is 11.9. The van der Waals surface area contributed by atoms with Crippen LogP contribution in [0.15, 0.2) is 28.7 Å². The third-order valence-corrected chi connectivity index (χ3v) is 2.47. The van der Waals surface area contributed by atoms with E-state index in [-0.39, 0.29) is 11.9 Å². The van der Waals surface area contributed by atoms with Gasteiger partial charge >= 0.3 is 6.01 Å². The molecule has 0 spiro atoms. The van der Waals surface area contributed by atoms with Crippen molar-refractivity contribution in [1.82, 2.24) is 10.2 Å². The molecule has 6 heteroatoms. The lowest BCUT2D eigenvalue weighted by atomic mass is 10.2. The van der Waals surface area contributed by atoms with E-state index in [9.17, 15) is 4.79 Å². The monoisotopic (exact) mass is 260 g/mol. The molecule has 2 N–H and O–H groups in total. The molecule has 0 fully saturated rings. The predicted octanol–water partition coefficient (Wildman–Crippen LogP) is 2.45. The van der Waals surface area contributed by atoms with Gasteiger partial charge in [0, 0.05) is 24.7 Å². The molecule has 0 unspecified atom stereocenters. The zero-order valence-corrected chi connectivity index (χ0v) is 10.9. The number of benzene rings is 1. The summed E-state index contributed by atoms with van der Waals surface area (Å²) in [5, 5.41) is 13.1. The summed E-state index contributed by atoms with van der Waals surface area (Å²) in [7, 11) is 0.